The number of anilines is 2. The summed E-state index contributed by atoms with van der Waals surface area (Å²) in [4.78, 5) is 25.2. The van der Waals surface area contributed by atoms with Crippen molar-refractivity contribution < 1.29 is 14.0 Å². The molecule has 0 saturated heterocycles. The van der Waals surface area contributed by atoms with Crippen LogP contribution in [0.4, 0.5) is 20.6 Å². The number of nitrogens with zero attached hydrogens (tertiary/aromatic N) is 3. The highest BCUT2D eigenvalue weighted by Crippen LogP contribution is 2.23. The van der Waals surface area contributed by atoms with Crippen molar-refractivity contribution in [3.8, 4) is 0 Å². The minimum Gasteiger partial charge on any atom is -0.323 e. The smallest absolute Gasteiger partial charge is 0.322 e. The minimum absolute atomic E-state index is 0.0579. The van der Waals surface area contributed by atoms with Crippen LogP contribution in [0.25, 0.3) is 0 Å². The van der Waals surface area contributed by atoms with Crippen molar-refractivity contribution in [2.24, 2.45) is 0 Å². The third-order valence-corrected chi connectivity index (χ3v) is 3.93. The first-order chi connectivity index (χ1) is 11.4. The third-order valence-electron chi connectivity index (χ3n) is 3.64. The summed E-state index contributed by atoms with van der Waals surface area (Å²) in [6, 6.07) is 3.65. The quantitative estimate of drug-likeness (QED) is 0.873. The van der Waals surface area contributed by atoms with Gasteiger partial charge in [-0.25, -0.2) is 9.18 Å². The van der Waals surface area contributed by atoms with E-state index in [4.69, 9.17) is 11.6 Å². The number of halogens is 2. The van der Waals surface area contributed by atoms with E-state index < -0.39 is 5.82 Å². The summed E-state index contributed by atoms with van der Waals surface area (Å²) in [7, 11) is 0. The molecule has 0 radical (unpaired) electrons. The molecule has 0 atom stereocenters. The first-order valence-electron chi connectivity index (χ1n) is 7.27. The predicted molar refractivity (Wildman–Crippen MR) is 87.4 cm³/mol. The van der Waals surface area contributed by atoms with Crippen LogP contribution in [-0.4, -0.2) is 33.2 Å². The Balaban J connectivity index is 1.72. The van der Waals surface area contributed by atoms with E-state index in [0.717, 1.165) is 5.69 Å². The van der Waals surface area contributed by atoms with E-state index in [0.29, 0.717) is 31.0 Å². The first-order valence-corrected chi connectivity index (χ1v) is 7.65. The number of nitrogens with one attached hydrogen (secondary N) is 2. The standard InChI is InChI=1S/C15H15ClFN5O2/c1-9(23)19-13-7-18-22-5-4-21(8-14(13)22)15(24)20-10-2-3-12(17)11(16)6-10/h2-3,6-7H,4-5,8H2,1H3,(H,19,23)(H,20,24). The summed E-state index contributed by atoms with van der Waals surface area (Å²) in [5.41, 5.74) is 1.75. The van der Waals surface area contributed by atoms with Crippen LogP contribution < -0.4 is 10.6 Å². The molecule has 3 rings (SSSR count). The Morgan fingerprint density at radius 3 is 2.79 bits per heavy atom. The molecule has 0 aliphatic carbocycles. The molecule has 24 heavy (non-hydrogen) atoms. The summed E-state index contributed by atoms with van der Waals surface area (Å²) < 4.78 is 14.9. The van der Waals surface area contributed by atoms with E-state index in [-0.39, 0.29) is 17.0 Å². The summed E-state index contributed by atoms with van der Waals surface area (Å²) >= 11 is 5.71. The number of urea groups is 1. The summed E-state index contributed by atoms with van der Waals surface area (Å²) in [6.45, 7) is 2.70. The molecule has 1 aromatic heterocycles. The van der Waals surface area contributed by atoms with E-state index >= 15 is 0 Å². The Kier molecular flexibility index (Phi) is 4.39. The zero-order valence-electron chi connectivity index (χ0n) is 12.8. The second-order valence-electron chi connectivity index (χ2n) is 5.39. The molecule has 2 N–H and O–H groups in total. The van der Waals surface area contributed by atoms with E-state index in [1.54, 1.807) is 15.8 Å². The van der Waals surface area contributed by atoms with Crippen molar-refractivity contribution in [1.29, 1.82) is 0 Å². The van der Waals surface area contributed by atoms with E-state index in [2.05, 4.69) is 15.7 Å². The Morgan fingerprint density at radius 1 is 1.29 bits per heavy atom. The molecule has 0 saturated carbocycles. The van der Waals surface area contributed by atoms with Gasteiger partial charge in [-0.3, -0.25) is 9.48 Å². The lowest BCUT2D eigenvalue weighted by molar-refractivity contribution is -0.114. The molecule has 0 unspecified atom stereocenters. The number of hydrogen-bond acceptors (Lipinski definition) is 3. The van der Waals surface area contributed by atoms with Crippen LogP contribution in [0.1, 0.15) is 12.6 Å². The molecule has 9 heteroatoms. The van der Waals surface area contributed by atoms with Crippen molar-refractivity contribution in [1.82, 2.24) is 14.7 Å². The highest BCUT2D eigenvalue weighted by Gasteiger charge is 2.24. The van der Waals surface area contributed by atoms with Crippen molar-refractivity contribution in [2.75, 3.05) is 17.2 Å². The normalized spacial score (nSPS) is 13.4. The first kappa shape index (κ1) is 16.3. The van der Waals surface area contributed by atoms with Crippen LogP contribution >= 0.6 is 11.6 Å². The number of aromatic nitrogens is 2. The molecule has 0 bridgehead atoms. The Labute approximate surface area is 142 Å². The maximum absolute atomic E-state index is 13.2. The van der Waals surface area contributed by atoms with Crippen LogP contribution in [0.3, 0.4) is 0 Å². The fraction of sp³-hybridized carbons (Fsp3) is 0.267. The van der Waals surface area contributed by atoms with Gasteiger partial charge in [0.2, 0.25) is 5.91 Å². The van der Waals surface area contributed by atoms with Crippen LogP contribution in [0.5, 0.6) is 0 Å². The van der Waals surface area contributed by atoms with Gasteiger partial charge in [0.15, 0.2) is 0 Å². The van der Waals surface area contributed by atoms with Crippen LogP contribution in [0.2, 0.25) is 5.02 Å². The minimum atomic E-state index is -0.545. The van der Waals surface area contributed by atoms with Gasteiger partial charge in [-0.15, -0.1) is 0 Å². The van der Waals surface area contributed by atoms with Gasteiger partial charge >= 0.3 is 6.03 Å². The summed E-state index contributed by atoms with van der Waals surface area (Å²) in [5.74, 6) is -0.746. The van der Waals surface area contributed by atoms with E-state index in [1.165, 1.54) is 25.1 Å². The highest BCUT2D eigenvalue weighted by molar-refractivity contribution is 6.31. The van der Waals surface area contributed by atoms with Gasteiger partial charge in [-0.1, -0.05) is 11.6 Å². The van der Waals surface area contributed by atoms with Gasteiger partial charge in [0, 0.05) is 19.2 Å². The number of amides is 3. The number of carbonyl (C=O) groups is 2. The zero-order valence-corrected chi connectivity index (χ0v) is 13.6. The molecule has 1 aliphatic rings. The van der Waals surface area contributed by atoms with Gasteiger partial charge < -0.3 is 15.5 Å². The lowest BCUT2D eigenvalue weighted by Crippen LogP contribution is -2.41. The second-order valence-corrected chi connectivity index (χ2v) is 5.80. The van der Waals surface area contributed by atoms with Gasteiger partial charge in [-0.05, 0) is 18.2 Å². The maximum atomic E-state index is 13.2. The predicted octanol–water partition coefficient (Wildman–Crippen LogP) is 2.68. The Bertz CT molecular complexity index is 807. The molecule has 3 amide bonds. The van der Waals surface area contributed by atoms with Crippen LogP contribution in [0, 0.1) is 5.82 Å². The van der Waals surface area contributed by atoms with Gasteiger partial charge in [0.1, 0.15) is 5.82 Å². The average Bonchev–Trinajstić information content (AvgIpc) is 2.92. The van der Waals surface area contributed by atoms with Crippen molar-refractivity contribution in [3.05, 3.63) is 40.9 Å². The fourth-order valence-corrected chi connectivity index (χ4v) is 2.67. The van der Waals surface area contributed by atoms with E-state index in [9.17, 15) is 14.0 Å². The van der Waals surface area contributed by atoms with Crippen LogP contribution in [-0.2, 0) is 17.9 Å². The highest BCUT2D eigenvalue weighted by atomic mass is 35.5. The van der Waals surface area contributed by atoms with Crippen LogP contribution in [0.15, 0.2) is 24.4 Å². The molecular formula is C15H15ClFN5O2. The van der Waals surface area contributed by atoms with Crippen molar-refractivity contribution in [3.63, 3.8) is 0 Å². The summed E-state index contributed by atoms with van der Waals surface area (Å²) in [5, 5.41) is 9.51. The number of rotatable bonds is 2. The molecule has 2 aromatic rings. The molecule has 2 heterocycles. The SMILES string of the molecule is CC(=O)Nc1cnn2c1CN(C(=O)Nc1ccc(F)c(Cl)c1)CC2. The third kappa shape index (κ3) is 3.33. The fourth-order valence-electron chi connectivity index (χ4n) is 2.49. The van der Waals surface area contributed by atoms with Gasteiger partial charge in [0.25, 0.3) is 0 Å². The lowest BCUT2D eigenvalue weighted by Gasteiger charge is -2.28. The average molecular weight is 352 g/mol. The van der Waals surface area contributed by atoms with Crippen molar-refractivity contribution in [2.45, 2.75) is 20.0 Å². The molecule has 7 nitrogen and oxygen atoms in total. The monoisotopic (exact) mass is 351 g/mol. The molecule has 126 valence electrons. The Hall–Kier alpha value is -2.61. The topological polar surface area (TPSA) is 79.3 Å². The largest absolute Gasteiger partial charge is 0.323 e. The molecular weight excluding hydrogens is 337 g/mol. The maximum Gasteiger partial charge on any atom is 0.322 e. The van der Waals surface area contributed by atoms with Gasteiger partial charge in [0.05, 0.1) is 35.7 Å². The molecule has 0 spiro atoms. The molecule has 0 fully saturated rings. The van der Waals surface area contributed by atoms with Gasteiger partial charge in [-0.2, -0.15) is 5.10 Å². The lowest BCUT2D eigenvalue weighted by atomic mass is 10.2. The van der Waals surface area contributed by atoms with Crippen molar-refractivity contribution >= 4 is 34.9 Å². The number of benzene rings is 1. The van der Waals surface area contributed by atoms with E-state index in [1.807, 2.05) is 0 Å². The number of fused-ring (bicyclic) bond motifs is 1. The summed E-state index contributed by atoms with van der Waals surface area (Å²) in [6.07, 6.45) is 1.57. The zero-order chi connectivity index (χ0) is 17.3. The Morgan fingerprint density at radius 2 is 2.08 bits per heavy atom. The molecule has 1 aliphatic heterocycles. The second kappa shape index (κ2) is 6.48. The molecule has 1 aromatic carbocycles. The number of carbonyl (C=O) groups excluding carboxylic acids is 2. The number of hydrogen-bond donors (Lipinski definition) is 2.